The fraction of sp³-hybridized carbons (Fsp3) is 0.370. The van der Waals surface area contributed by atoms with Crippen LogP contribution in [0.3, 0.4) is 0 Å². The highest BCUT2D eigenvalue weighted by molar-refractivity contribution is 6.01. The number of allylic oxidation sites excluding steroid dienone is 1. The van der Waals surface area contributed by atoms with E-state index in [4.69, 9.17) is 13.9 Å². The summed E-state index contributed by atoms with van der Waals surface area (Å²) >= 11 is 0. The molecule has 2 aromatic carbocycles. The van der Waals surface area contributed by atoms with Gasteiger partial charge in [-0.3, -0.25) is 4.79 Å². The SMILES string of the molecule is COc1cc2occ(-c3ccccc3OC)c2cc1/C(C)=C/C(=O)NC1CCCCC1C. The summed E-state index contributed by atoms with van der Waals surface area (Å²) in [7, 11) is 3.29. The van der Waals surface area contributed by atoms with E-state index >= 15 is 0 Å². The molecular formula is C27H31NO4. The van der Waals surface area contributed by atoms with Gasteiger partial charge in [-0.2, -0.15) is 0 Å². The highest BCUT2D eigenvalue weighted by Gasteiger charge is 2.22. The summed E-state index contributed by atoms with van der Waals surface area (Å²) in [6.45, 7) is 4.16. The van der Waals surface area contributed by atoms with Crippen molar-refractivity contribution in [2.75, 3.05) is 14.2 Å². The number of benzene rings is 2. The number of hydrogen-bond acceptors (Lipinski definition) is 4. The third-order valence-electron chi connectivity index (χ3n) is 6.50. The Morgan fingerprint density at radius 3 is 2.56 bits per heavy atom. The Hall–Kier alpha value is -3.21. The Labute approximate surface area is 189 Å². The first-order chi connectivity index (χ1) is 15.5. The summed E-state index contributed by atoms with van der Waals surface area (Å²) in [5.41, 5.74) is 4.33. The Balaban J connectivity index is 1.69. The normalized spacial score (nSPS) is 19.1. The van der Waals surface area contributed by atoms with Crippen LogP contribution in [-0.2, 0) is 4.79 Å². The summed E-state index contributed by atoms with van der Waals surface area (Å²) in [4.78, 5) is 12.8. The summed E-state index contributed by atoms with van der Waals surface area (Å²) in [5.74, 6) is 1.91. The zero-order valence-electron chi connectivity index (χ0n) is 19.2. The lowest BCUT2D eigenvalue weighted by atomic mass is 9.86. The van der Waals surface area contributed by atoms with Crippen molar-refractivity contribution in [3.63, 3.8) is 0 Å². The van der Waals surface area contributed by atoms with E-state index in [1.807, 2.05) is 43.3 Å². The largest absolute Gasteiger partial charge is 0.496 e. The molecular weight excluding hydrogens is 402 g/mol. The van der Waals surface area contributed by atoms with Crippen LogP contribution in [0.25, 0.3) is 27.7 Å². The molecule has 5 heteroatoms. The van der Waals surface area contributed by atoms with Crippen molar-refractivity contribution in [1.29, 1.82) is 0 Å². The van der Waals surface area contributed by atoms with Crippen LogP contribution in [0.2, 0.25) is 0 Å². The second kappa shape index (κ2) is 9.51. The number of methoxy groups -OCH3 is 2. The van der Waals surface area contributed by atoms with Gasteiger partial charge < -0.3 is 19.2 Å². The van der Waals surface area contributed by atoms with Crippen LogP contribution in [0.4, 0.5) is 0 Å². The molecule has 0 spiro atoms. The van der Waals surface area contributed by atoms with E-state index in [2.05, 4.69) is 12.2 Å². The van der Waals surface area contributed by atoms with Crippen LogP contribution < -0.4 is 14.8 Å². The molecule has 1 saturated carbocycles. The highest BCUT2D eigenvalue weighted by Crippen LogP contribution is 2.40. The molecule has 1 amide bonds. The number of nitrogens with one attached hydrogen (secondary N) is 1. The molecule has 4 rings (SSSR count). The van der Waals surface area contributed by atoms with Gasteiger partial charge >= 0.3 is 0 Å². The first-order valence-electron chi connectivity index (χ1n) is 11.2. The molecule has 1 N–H and O–H groups in total. The summed E-state index contributed by atoms with van der Waals surface area (Å²) in [6, 6.07) is 12.0. The van der Waals surface area contributed by atoms with Gasteiger partial charge in [-0.1, -0.05) is 38.0 Å². The van der Waals surface area contributed by atoms with E-state index in [1.54, 1.807) is 26.6 Å². The molecule has 3 aromatic rings. The second-order valence-electron chi connectivity index (χ2n) is 8.60. The van der Waals surface area contributed by atoms with E-state index in [1.165, 1.54) is 19.3 Å². The Bertz CT molecular complexity index is 1140. The Morgan fingerprint density at radius 2 is 1.81 bits per heavy atom. The number of ether oxygens (including phenoxy) is 2. The molecule has 2 atom stereocenters. The Morgan fingerprint density at radius 1 is 1.06 bits per heavy atom. The zero-order chi connectivity index (χ0) is 22.7. The average molecular weight is 434 g/mol. The third-order valence-corrected chi connectivity index (χ3v) is 6.50. The molecule has 0 bridgehead atoms. The van der Waals surface area contributed by atoms with E-state index in [-0.39, 0.29) is 11.9 Å². The zero-order valence-corrected chi connectivity index (χ0v) is 19.2. The molecule has 5 nitrogen and oxygen atoms in total. The van der Waals surface area contributed by atoms with Crippen LogP contribution >= 0.6 is 0 Å². The first-order valence-corrected chi connectivity index (χ1v) is 11.2. The molecule has 1 aromatic heterocycles. The fourth-order valence-corrected chi connectivity index (χ4v) is 4.64. The van der Waals surface area contributed by atoms with Gasteiger partial charge in [0.15, 0.2) is 0 Å². The molecule has 32 heavy (non-hydrogen) atoms. The number of furan rings is 1. The van der Waals surface area contributed by atoms with Gasteiger partial charge in [0.1, 0.15) is 17.1 Å². The van der Waals surface area contributed by atoms with Crippen LogP contribution in [0.5, 0.6) is 11.5 Å². The number of rotatable bonds is 6. The minimum absolute atomic E-state index is 0.0551. The summed E-state index contributed by atoms with van der Waals surface area (Å²) < 4.78 is 17.0. The van der Waals surface area contributed by atoms with Gasteiger partial charge in [-0.25, -0.2) is 0 Å². The lowest BCUT2D eigenvalue weighted by Gasteiger charge is -2.29. The average Bonchev–Trinajstić information content (AvgIpc) is 3.22. The van der Waals surface area contributed by atoms with E-state index in [0.717, 1.165) is 45.4 Å². The van der Waals surface area contributed by atoms with E-state index in [9.17, 15) is 4.79 Å². The topological polar surface area (TPSA) is 60.7 Å². The molecule has 168 valence electrons. The van der Waals surface area contributed by atoms with Crippen molar-refractivity contribution in [3.05, 3.63) is 54.3 Å². The molecule has 0 aliphatic heterocycles. The maximum absolute atomic E-state index is 12.8. The molecule has 0 saturated heterocycles. The molecule has 1 aliphatic carbocycles. The lowest BCUT2D eigenvalue weighted by Crippen LogP contribution is -2.40. The predicted molar refractivity (Wildman–Crippen MR) is 128 cm³/mol. The van der Waals surface area contributed by atoms with Crippen LogP contribution in [0.1, 0.15) is 45.1 Å². The van der Waals surface area contributed by atoms with Gasteiger partial charge in [0.2, 0.25) is 5.91 Å². The maximum atomic E-state index is 12.8. The van der Waals surface area contributed by atoms with Crippen LogP contribution in [0, 0.1) is 5.92 Å². The second-order valence-corrected chi connectivity index (χ2v) is 8.60. The van der Waals surface area contributed by atoms with Crippen molar-refractivity contribution in [1.82, 2.24) is 5.32 Å². The quantitative estimate of drug-likeness (QED) is 0.469. The van der Waals surface area contributed by atoms with Gasteiger partial charge in [-0.15, -0.1) is 0 Å². The smallest absolute Gasteiger partial charge is 0.244 e. The van der Waals surface area contributed by atoms with Gasteiger partial charge in [0, 0.05) is 40.3 Å². The highest BCUT2D eigenvalue weighted by atomic mass is 16.5. The minimum Gasteiger partial charge on any atom is -0.496 e. The van der Waals surface area contributed by atoms with Gasteiger partial charge in [0.25, 0.3) is 0 Å². The minimum atomic E-state index is -0.0551. The van der Waals surface area contributed by atoms with Crippen molar-refractivity contribution >= 4 is 22.4 Å². The molecule has 1 aliphatic rings. The number of hydrogen-bond donors (Lipinski definition) is 1. The van der Waals surface area contributed by atoms with Gasteiger partial charge in [-0.05, 0) is 43.4 Å². The molecule has 1 fully saturated rings. The third kappa shape index (κ3) is 4.38. The molecule has 2 unspecified atom stereocenters. The van der Waals surface area contributed by atoms with Crippen LogP contribution in [-0.4, -0.2) is 26.2 Å². The number of para-hydroxylation sites is 1. The Kier molecular flexibility index (Phi) is 6.54. The monoisotopic (exact) mass is 433 g/mol. The summed E-state index contributed by atoms with van der Waals surface area (Å²) in [5, 5.41) is 4.14. The number of amides is 1. The van der Waals surface area contributed by atoms with E-state index in [0.29, 0.717) is 11.7 Å². The van der Waals surface area contributed by atoms with E-state index < -0.39 is 0 Å². The fourth-order valence-electron chi connectivity index (χ4n) is 4.64. The van der Waals surface area contributed by atoms with Crippen LogP contribution in [0.15, 0.2) is 53.2 Å². The number of fused-ring (bicyclic) bond motifs is 1. The lowest BCUT2D eigenvalue weighted by molar-refractivity contribution is -0.117. The molecule has 1 heterocycles. The van der Waals surface area contributed by atoms with Gasteiger partial charge in [0.05, 0.1) is 20.5 Å². The number of carbonyl (C=O) groups is 1. The van der Waals surface area contributed by atoms with Crippen molar-refractivity contribution < 1.29 is 18.7 Å². The standard InChI is InChI=1S/C27H31NO4/c1-17-9-5-7-11-23(17)28-27(29)13-18(2)20-14-21-22(16-32-26(21)15-25(20)31-4)19-10-6-8-12-24(19)30-3/h6,8,10,12-17,23H,5,7,9,11H2,1-4H3,(H,28,29)/b18-13+. The van der Waals surface area contributed by atoms with Crippen molar-refractivity contribution in [2.24, 2.45) is 5.92 Å². The summed E-state index contributed by atoms with van der Waals surface area (Å²) in [6.07, 6.45) is 8.06. The maximum Gasteiger partial charge on any atom is 0.244 e. The van der Waals surface area contributed by atoms with Crippen molar-refractivity contribution in [3.8, 4) is 22.6 Å². The predicted octanol–water partition coefficient (Wildman–Crippen LogP) is 6.22. The van der Waals surface area contributed by atoms with Crippen molar-refractivity contribution in [2.45, 2.75) is 45.6 Å². The number of carbonyl (C=O) groups excluding carboxylic acids is 1. The first kappa shape index (κ1) is 22.0. The molecule has 0 radical (unpaired) electrons.